The van der Waals surface area contributed by atoms with E-state index in [1.807, 2.05) is 6.20 Å². The standard InChI is InChI=1S/C22H26N6/c1-22(18-16-6-3-2-5-15(16)8-10-25-18)9-4-7-17-19(22)26-21(23)27-20(17)28-13-11-24-12-14-28/h2-3,5-6,8,10,24H,4,7,9,11-14H2,1H3,(H2,23,26,27). The fourth-order valence-corrected chi connectivity index (χ4v) is 4.84. The van der Waals surface area contributed by atoms with Gasteiger partial charge in [-0.25, -0.2) is 4.98 Å². The molecule has 1 fully saturated rings. The van der Waals surface area contributed by atoms with Crippen LogP contribution in [0.4, 0.5) is 11.8 Å². The number of hydrogen-bond acceptors (Lipinski definition) is 6. The summed E-state index contributed by atoms with van der Waals surface area (Å²) in [4.78, 5) is 16.7. The molecule has 0 spiro atoms. The van der Waals surface area contributed by atoms with Gasteiger partial charge in [0.05, 0.1) is 16.8 Å². The number of benzene rings is 1. The number of nitrogen functional groups attached to an aromatic ring is 1. The Morgan fingerprint density at radius 3 is 2.75 bits per heavy atom. The normalized spacial score (nSPS) is 22.2. The highest BCUT2D eigenvalue weighted by Gasteiger charge is 2.40. The fraction of sp³-hybridized carbons (Fsp3) is 0.409. The van der Waals surface area contributed by atoms with Crippen molar-refractivity contribution in [2.24, 2.45) is 0 Å². The lowest BCUT2D eigenvalue weighted by Gasteiger charge is -2.38. The summed E-state index contributed by atoms with van der Waals surface area (Å²) in [5.41, 5.74) is 9.35. The molecule has 1 aliphatic carbocycles. The van der Waals surface area contributed by atoms with Crippen LogP contribution >= 0.6 is 0 Å². The largest absolute Gasteiger partial charge is 0.368 e. The molecule has 0 saturated carbocycles. The SMILES string of the molecule is CC1(c2nccc3ccccc23)CCCc2c(N3CCNCC3)nc(N)nc21. The molecule has 3 aromatic rings. The van der Waals surface area contributed by atoms with E-state index in [4.69, 9.17) is 15.7 Å². The minimum Gasteiger partial charge on any atom is -0.368 e. The van der Waals surface area contributed by atoms with E-state index in [1.165, 1.54) is 16.3 Å². The first-order chi connectivity index (χ1) is 13.7. The number of anilines is 2. The monoisotopic (exact) mass is 374 g/mol. The molecule has 6 heteroatoms. The van der Waals surface area contributed by atoms with Crippen LogP contribution in [-0.2, 0) is 11.8 Å². The predicted octanol–water partition coefficient (Wildman–Crippen LogP) is 2.66. The quantitative estimate of drug-likeness (QED) is 0.718. The molecule has 1 aromatic carbocycles. The number of aromatic nitrogens is 3. The topological polar surface area (TPSA) is 80.0 Å². The van der Waals surface area contributed by atoms with Gasteiger partial charge in [0.1, 0.15) is 5.82 Å². The molecule has 5 rings (SSSR count). The van der Waals surface area contributed by atoms with Crippen LogP contribution < -0.4 is 16.0 Å². The number of piperazine rings is 1. The summed E-state index contributed by atoms with van der Waals surface area (Å²) in [6, 6.07) is 10.5. The van der Waals surface area contributed by atoms with Crippen molar-refractivity contribution in [3.8, 4) is 0 Å². The van der Waals surface area contributed by atoms with Gasteiger partial charge in [-0.15, -0.1) is 0 Å². The van der Waals surface area contributed by atoms with Gasteiger partial charge in [0.25, 0.3) is 0 Å². The second kappa shape index (κ2) is 6.71. The molecule has 6 nitrogen and oxygen atoms in total. The van der Waals surface area contributed by atoms with E-state index in [9.17, 15) is 0 Å². The first-order valence-electron chi connectivity index (χ1n) is 10.1. The molecule has 0 radical (unpaired) electrons. The molecule has 144 valence electrons. The number of hydrogen-bond donors (Lipinski definition) is 2. The third kappa shape index (κ3) is 2.71. The summed E-state index contributed by atoms with van der Waals surface area (Å²) in [5.74, 6) is 1.39. The van der Waals surface area contributed by atoms with Crippen LogP contribution in [0.15, 0.2) is 36.5 Å². The van der Waals surface area contributed by atoms with E-state index in [-0.39, 0.29) is 5.41 Å². The number of pyridine rings is 1. The lowest BCUT2D eigenvalue weighted by Crippen LogP contribution is -2.45. The van der Waals surface area contributed by atoms with Crippen LogP contribution in [0.1, 0.15) is 36.7 Å². The van der Waals surface area contributed by atoms with Gasteiger partial charge in [-0.1, -0.05) is 24.3 Å². The minimum atomic E-state index is -0.270. The Balaban J connectivity index is 1.71. The third-order valence-electron chi connectivity index (χ3n) is 6.24. The zero-order valence-corrected chi connectivity index (χ0v) is 16.3. The summed E-state index contributed by atoms with van der Waals surface area (Å²) in [7, 11) is 0. The van der Waals surface area contributed by atoms with E-state index in [2.05, 4.69) is 52.5 Å². The molecule has 1 aliphatic heterocycles. The van der Waals surface area contributed by atoms with Crippen molar-refractivity contribution < 1.29 is 0 Å². The molecular formula is C22H26N6. The Bertz CT molecular complexity index is 1020. The molecule has 0 amide bonds. The number of nitrogens with two attached hydrogens (primary N) is 1. The van der Waals surface area contributed by atoms with Crippen molar-refractivity contribution >= 4 is 22.5 Å². The Kier molecular flexibility index (Phi) is 4.16. The molecule has 1 unspecified atom stereocenters. The van der Waals surface area contributed by atoms with E-state index in [1.54, 1.807) is 0 Å². The molecule has 2 aromatic heterocycles. The minimum absolute atomic E-state index is 0.270. The Labute approximate surface area is 165 Å². The molecule has 3 N–H and O–H groups in total. The molecule has 0 bridgehead atoms. The lowest BCUT2D eigenvalue weighted by molar-refractivity contribution is 0.441. The zero-order chi connectivity index (χ0) is 19.1. The van der Waals surface area contributed by atoms with Crippen LogP contribution in [-0.4, -0.2) is 41.1 Å². The summed E-state index contributed by atoms with van der Waals surface area (Å²) in [5, 5.41) is 5.82. The first kappa shape index (κ1) is 17.4. The van der Waals surface area contributed by atoms with Gasteiger partial charge in [0.15, 0.2) is 0 Å². The molecule has 1 saturated heterocycles. The molecule has 2 aliphatic rings. The average molecular weight is 374 g/mol. The van der Waals surface area contributed by atoms with E-state index in [0.29, 0.717) is 5.95 Å². The Morgan fingerprint density at radius 2 is 1.89 bits per heavy atom. The average Bonchev–Trinajstić information content (AvgIpc) is 2.74. The number of fused-ring (bicyclic) bond motifs is 2. The first-order valence-corrected chi connectivity index (χ1v) is 10.1. The molecule has 3 heterocycles. The maximum absolute atomic E-state index is 6.22. The summed E-state index contributed by atoms with van der Waals surface area (Å²) >= 11 is 0. The van der Waals surface area contributed by atoms with Gasteiger partial charge in [0, 0.05) is 43.3 Å². The van der Waals surface area contributed by atoms with E-state index in [0.717, 1.165) is 62.6 Å². The fourth-order valence-electron chi connectivity index (χ4n) is 4.84. The van der Waals surface area contributed by atoms with Gasteiger partial charge in [-0.3, -0.25) is 4.98 Å². The molecular weight excluding hydrogens is 348 g/mol. The van der Waals surface area contributed by atoms with Crippen molar-refractivity contribution in [2.75, 3.05) is 36.8 Å². The van der Waals surface area contributed by atoms with Crippen molar-refractivity contribution in [3.05, 3.63) is 53.5 Å². The van der Waals surface area contributed by atoms with Crippen molar-refractivity contribution in [1.82, 2.24) is 20.3 Å². The van der Waals surface area contributed by atoms with Crippen LogP contribution in [0.3, 0.4) is 0 Å². The Hall–Kier alpha value is -2.73. The lowest BCUT2D eigenvalue weighted by atomic mass is 9.71. The summed E-state index contributed by atoms with van der Waals surface area (Å²) < 4.78 is 0. The van der Waals surface area contributed by atoms with E-state index >= 15 is 0 Å². The highest BCUT2D eigenvalue weighted by atomic mass is 15.3. The Morgan fingerprint density at radius 1 is 1.07 bits per heavy atom. The predicted molar refractivity (Wildman–Crippen MR) is 113 cm³/mol. The van der Waals surface area contributed by atoms with Crippen molar-refractivity contribution in [3.63, 3.8) is 0 Å². The summed E-state index contributed by atoms with van der Waals surface area (Å²) in [6.07, 6.45) is 5.02. The van der Waals surface area contributed by atoms with Gasteiger partial charge >= 0.3 is 0 Å². The second-order valence-electron chi connectivity index (χ2n) is 8.04. The second-order valence-corrected chi connectivity index (χ2v) is 8.04. The van der Waals surface area contributed by atoms with Gasteiger partial charge in [-0.05, 0) is 37.6 Å². The zero-order valence-electron chi connectivity index (χ0n) is 16.3. The highest BCUT2D eigenvalue weighted by Crippen LogP contribution is 2.45. The van der Waals surface area contributed by atoms with Gasteiger partial charge in [0.2, 0.25) is 5.95 Å². The number of rotatable bonds is 2. The van der Waals surface area contributed by atoms with Crippen molar-refractivity contribution in [2.45, 2.75) is 31.6 Å². The van der Waals surface area contributed by atoms with Crippen LogP contribution in [0.25, 0.3) is 10.8 Å². The van der Waals surface area contributed by atoms with Crippen LogP contribution in [0.5, 0.6) is 0 Å². The molecule has 28 heavy (non-hydrogen) atoms. The maximum atomic E-state index is 6.22. The van der Waals surface area contributed by atoms with Gasteiger partial charge < -0.3 is 16.0 Å². The smallest absolute Gasteiger partial charge is 0.222 e. The highest BCUT2D eigenvalue weighted by molar-refractivity contribution is 5.85. The van der Waals surface area contributed by atoms with Crippen molar-refractivity contribution in [1.29, 1.82) is 0 Å². The number of nitrogens with zero attached hydrogens (tertiary/aromatic N) is 4. The van der Waals surface area contributed by atoms with Gasteiger partial charge in [-0.2, -0.15) is 4.98 Å². The van der Waals surface area contributed by atoms with Crippen LogP contribution in [0.2, 0.25) is 0 Å². The summed E-state index contributed by atoms with van der Waals surface area (Å²) in [6.45, 7) is 6.12. The van der Waals surface area contributed by atoms with E-state index < -0.39 is 0 Å². The molecule has 1 atom stereocenters. The maximum Gasteiger partial charge on any atom is 0.222 e. The third-order valence-corrected chi connectivity index (χ3v) is 6.24. The number of nitrogens with one attached hydrogen (secondary N) is 1. The van der Waals surface area contributed by atoms with Crippen LogP contribution in [0, 0.1) is 0 Å².